The molecule has 114 valence electrons. The van der Waals surface area contributed by atoms with E-state index in [-0.39, 0.29) is 11.8 Å². The summed E-state index contributed by atoms with van der Waals surface area (Å²) >= 11 is 0. The van der Waals surface area contributed by atoms with Gasteiger partial charge in [-0.1, -0.05) is 0 Å². The van der Waals surface area contributed by atoms with Crippen molar-refractivity contribution in [2.24, 2.45) is 23.7 Å². The highest BCUT2D eigenvalue weighted by atomic mass is 19.4. The van der Waals surface area contributed by atoms with Gasteiger partial charge in [0.05, 0.1) is 0 Å². The van der Waals surface area contributed by atoms with Crippen molar-refractivity contribution >= 4 is 5.78 Å². The fourth-order valence-electron chi connectivity index (χ4n) is 4.78. The van der Waals surface area contributed by atoms with Crippen molar-refractivity contribution in [2.75, 3.05) is 0 Å². The van der Waals surface area contributed by atoms with E-state index >= 15 is 0 Å². The monoisotopic (exact) mass is 298 g/mol. The molecule has 0 aromatic heterocycles. The topological polar surface area (TPSA) is 37.3 Å². The maximum atomic E-state index is 14.1. The summed E-state index contributed by atoms with van der Waals surface area (Å²) in [5.74, 6) is -9.27. The van der Waals surface area contributed by atoms with Crippen LogP contribution in [0.5, 0.6) is 0 Å². The molecule has 0 radical (unpaired) electrons. The molecule has 0 aromatic carbocycles. The van der Waals surface area contributed by atoms with E-state index in [1.165, 1.54) is 0 Å². The van der Waals surface area contributed by atoms with Crippen LogP contribution < -0.4 is 0 Å². The Morgan fingerprint density at radius 1 is 0.900 bits per heavy atom. The maximum absolute atomic E-state index is 14.1. The van der Waals surface area contributed by atoms with Gasteiger partial charge < -0.3 is 5.11 Å². The molecule has 4 aliphatic rings. The Morgan fingerprint density at radius 3 is 1.65 bits per heavy atom. The van der Waals surface area contributed by atoms with Gasteiger partial charge in [0, 0.05) is 0 Å². The van der Waals surface area contributed by atoms with Gasteiger partial charge in [0.25, 0.3) is 0 Å². The first kappa shape index (κ1) is 14.2. The molecule has 4 bridgehead atoms. The molecule has 0 aliphatic heterocycles. The fraction of sp³-hybridized carbons (Fsp3) is 0.923. The minimum absolute atomic E-state index is 0.203. The molecule has 7 heteroatoms. The van der Waals surface area contributed by atoms with Crippen LogP contribution in [0.1, 0.15) is 32.1 Å². The molecule has 0 aromatic rings. The van der Waals surface area contributed by atoms with Crippen molar-refractivity contribution < 1.29 is 31.9 Å². The zero-order chi connectivity index (χ0) is 14.9. The van der Waals surface area contributed by atoms with Gasteiger partial charge >= 0.3 is 17.9 Å². The Hall–Kier alpha value is -0.720. The Kier molecular flexibility index (Phi) is 2.79. The molecule has 1 N–H and O–H groups in total. The molecule has 0 spiro atoms. The predicted molar refractivity (Wildman–Crippen MR) is 58.0 cm³/mol. The molecule has 0 saturated heterocycles. The van der Waals surface area contributed by atoms with Crippen LogP contribution in [0.2, 0.25) is 0 Å². The Balaban J connectivity index is 1.97. The van der Waals surface area contributed by atoms with Crippen LogP contribution in [-0.4, -0.2) is 28.6 Å². The Bertz CT molecular complexity index is 415. The number of carbonyl (C=O) groups is 1. The summed E-state index contributed by atoms with van der Waals surface area (Å²) < 4.78 is 65.4. The molecule has 20 heavy (non-hydrogen) atoms. The Morgan fingerprint density at radius 2 is 1.30 bits per heavy atom. The van der Waals surface area contributed by atoms with E-state index < -0.39 is 35.3 Å². The summed E-state index contributed by atoms with van der Waals surface area (Å²) in [5, 5.41) is 10.4. The fourth-order valence-corrected chi connectivity index (χ4v) is 4.78. The van der Waals surface area contributed by atoms with Gasteiger partial charge in [-0.15, -0.1) is 0 Å². The minimum Gasteiger partial charge on any atom is -0.382 e. The molecule has 4 fully saturated rings. The third kappa shape index (κ3) is 1.68. The number of hydrogen-bond donors (Lipinski definition) is 1. The molecular formula is C13H15F5O2. The molecule has 0 heterocycles. The molecule has 0 atom stereocenters. The van der Waals surface area contributed by atoms with Gasteiger partial charge in [-0.3, -0.25) is 4.79 Å². The van der Waals surface area contributed by atoms with E-state index in [4.69, 9.17) is 0 Å². The second-order valence-electron chi connectivity index (χ2n) is 6.53. The largest absolute Gasteiger partial charge is 0.456 e. The molecule has 2 nitrogen and oxygen atoms in total. The highest BCUT2D eigenvalue weighted by Gasteiger charge is 2.73. The lowest BCUT2D eigenvalue weighted by Crippen LogP contribution is -2.69. The summed E-state index contributed by atoms with van der Waals surface area (Å²) in [6, 6.07) is 0. The van der Waals surface area contributed by atoms with Gasteiger partial charge in [0.15, 0.2) is 0 Å². The van der Waals surface area contributed by atoms with Crippen LogP contribution in [0.3, 0.4) is 0 Å². The summed E-state index contributed by atoms with van der Waals surface area (Å²) in [7, 11) is 0. The van der Waals surface area contributed by atoms with Gasteiger partial charge in [-0.05, 0) is 55.8 Å². The van der Waals surface area contributed by atoms with E-state index in [0.29, 0.717) is 25.7 Å². The molecular weight excluding hydrogens is 283 g/mol. The molecule has 4 rings (SSSR count). The third-order valence-corrected chi connectivity index (χ3v) is 5.43. The van der Waals surface area contributed by atoms with Crippen molar-refractivity contribution in [2.45, 2.75) is 49.8 Å². The van der Waals surface area contributed by atoms with Crippen LogP contribution >= 0.6 is 0 Å². The van der Waals surface area contributed by atoms with Crippen molar-refractivity contribution in [3.63, 3.8) is 0 Å². The number of Topliss-reactive ketones (excluding diaryl/α,β-unsaturated/α-hetero) is 1. The lowest BCUT2D eigenvalue weighted by Gasteiger charge is -2.60. The van der Waals surface area contributed by atoms with E-state index in [1.807, 2.05) is 0 Å². The number of hydrogen-bond acceptors (Lipinski definition) is 2. The van der Waals surface area contributed by atoms with Crippen LogP contribution in [0, 0.1) is 23.7 Å². The first-order chi connectivity index (χ1) is 9.06. The van der Waals surface area contributed by atoms with Crippen molar-refractivity contribution in [3.8, 4) is 0 Å². The first-order valence-electron chi connectivity index (χ1n) is 6.78. The average molecular weight is 298 g/mol. The number of rotatable bonds is 2. The summed E-state index contributed by atoms with van der Waals surface area (Å²) in [4.78, 5) is 11.1. The van der Waals surface area contributed by atoms with E-state index in [0.717, 1.165) is 6.42 Å². The van der Waals surface area contributed by atoms with E-state index in [9.17, 15) is 31.9 Å². The molecule has 0 unspecified atom stereocenters. The van der Waals surface area contributed by atoms with Crippen LogP contribution in [0.25, 0.3) is 0 Å². The third-order valence-electron chi connectivity index (χ3n) is 5.43. The lowest BCUT2D eigenvalue weighted by atomic mass is 9.48. The SMILES string of the molecule is O=C(C(F)(F)F)C(F)(F)C1(O)C2CC3CC(C2)CC1C3. The molecule has 4 aliphatic carbocycles. The predicted octanol–water partition coefficient (Wildman–Crippen LogP) is 2.94. The van der Waals surface area contributed by atoms with Crippen LogP contribution in [0.15, 0.2) is 0 Å². The number of carbonyl (C=O) groups excluding carboxylic acids is 1. The number of ketones is 1. The molecule has 4 saturated carbocycles. The minimum atomic E-state index is -5.63. The van der Waals surface area contributed by atoms with Gasteiger partial charge in [-0.2, -0.15) is 22.0 Å². The zero-order valence-electron chi connectivity index (χ0n) is 10.6. The summed E-state index contributed by atoms with van der Waals surface area (Å²) in [5.41, 5.74) is -2.83. The second kappa shape index (κ2) is 3.93. The normalized spacial score (nSPS) is 43.9. The van der Waals surface area contributed by atoms with Gasteiger partial charge in [0.1, 0.15) is 5.60 Å². The maximum Gasteiger partial charge on any atom is 0.456 e. The van der Waals surface area contributed by atoms with E-state index in [2.05, 4.69) is 0 Å². The zero-order valence-corrected chi connectivity index (χ0v) is 10.6. The average Bonchev–Trinajstić information content (AvgIpc) is 2.32. The quantitative estimate of drug-likeness (QED) is 0.796. The molecule has 0 amide bonds. The Labute approximate surface area is 112 Å². The number of alkyl halides is 5. The van der Waals surface area contributed by atoms with Crippen molar-refractivity contribution in [3.05, 3.63) is 0 Å². The smallest absolute Gasteiger partial charge is 0.382 e. The summed E-state index contributed by atoms with van der Waals surface area (Å²) in [6.45, 7) is 0. The number of halogens is 5. The first-order valence-corrected chi connectivity index (χ1v) is 6.78. The van der Waals surface area contributed by atoms with E-state index in [1.54, 1.807) is 0 Å². The van der Waals surface area contributed by atoms with Gasteiger partial charge in [0.2, 0.25) is 0 Å². The lowest BCUT2D eigenvalue weighted by molar-refractivity contribution is -0.284. The highest BCUT2D eigenvalue weighted by Crippen LogP contribution is 2.62. The number of aliphatic hydroxyl groups is 1. The highest BCUT2D eigenvalue weighted by molar-refractivity contribution is 5.92. The van der Waals surface area contributed by atoms with Crippen molar-refractivity contribution in [1.82, 2.24) is 0 Å². The second-order valence-corrected chi connectivity index (χ2v) is 6.53. The van der Waals surface area contributed by atoms with Crippen LogP contribution in [0.4, 0.5) is 22.0 Å². The standard InChI is InChI=1S/C13H15F5O2/c14-12(15,10(19)13(16,17)18)11(20)8-2-6-1-7(4-8)5-9(11)3-6/h6-9,20H,1-5H2. The van der Waals surface area contributed by atoms with Crippen LogP contribution in [-0.2, 0) is 4.79 Å². The van der Waals surface area contributed by atoms with Crippen molar-refractivity contribution in [1.29, 1.82) is 0 Å². The van der Waals surface area contributed by atoms with Gasteiger partial charge in [-0.25, -0.2) is 0 Å². The summed E-state index contributed by atoms with van der Waals surface area (Å²) in [6.07, 6.45) is -3.54.